The SMILES string of the molecule is Cc1ccc2nc(CCCl)n(Cc3cc(C)c(C)s3)c2c1. The van der Waals surface area contributed by atoms with Gasteiger partial charge in [-0.1, -0.05) is 6.07 Å². The molecule has 0 amide bonds. The maximum atomic E-state index is 5.95. The number of nitrogens with zero attached hydrogens (tertiary/aromatic N) is 2. The Morgan fingerprint density at radius 3 is 2.67 bits per heavy atom. The van der Waals surface area contributed by atoms with Crippen molar-refractivity contribution in [2.45, 2.75) is 33.7 Å². The van der Waals surface area contributed by atoms with Crippen molar-refractivity contribution in [1.29, 1.82) is 0 Å². The largest absolute Gasteiger partial charge is 0.323 e. The summed E-state index contributed by atoms with van der Waals surface area (Å²) >= 11 is 7.82. The first-order valence-electron chi connectivity index (χ1n) is 7.16. The minimum atomic E-state index is 0.602. The summed E-state index contributed by atoms with van der Waals surface area (Å²) < 4.78 is 2.31. The third-order valence-corrected chi connectivity index (χ3v) is 5.16. The molecule has 0 aliphatic heterocycles. The molecule has 0 fully saturated rings. The zero-order valence-corrected chi connectivity index (χ0v) is 14.2. The van der Waals surface area contributed by atoms with Crippen molar-refractivity contribution in [3.05, 3.63) is 51.0 Å². The second-order valence-corrected chi connectivity index (χ2v) is 7.22. The maximum absolute atomic E-state index is 5.95. The highest BCUT2D eigenvalue weighted by molar-refractivity contribution is 7.12. The number of aryl methyl sites for hydroxylation is 4. The van der Waals surface area contributed by atoms with Gasteiger partial charge in [0.15, 0.2) is 0 Å². The molecule has 3 aromatic rings. The van der Waals surface area contributed by atoms with E-state index in [4.69, 9.17) is 16.6 Å². The van der Waals surface area contributed by atoms with Gasteiger partial charge in [0.25, 0.3) is 0 Å². The highest BCUT2D eigenvalue weighted by Gasteiger charge is 2.12. The molecule has 2 aromatic heterocycles. The predicted octanol–water partition coefficient (Wildman–Crippen LogP) is 4.85. The number of fused-ring (bicyclic) bond motifs is 1. The lowest BCUT2D eigenvalue weighted by Gasteiger charge is -2.07. The van der Waals surface area contributed by atoms with E-state index in [2.05, 4.69) is 49.6 Å². The van der Waals surface area contributed by atoms with E-state index in [1.165, 1.54) is 26.4 Å². The fourth-order valence-corrected chi connectivity index (χ4v) is 3.83. The lowest BCUT2D eigenvalue weighted by atomic mass is 10.2. The van der Waals surface area contributed by atoms with Crippen molar-refractivity contribution in [1.82, 2.24) is 9.55 Å². The van der Waals surface area contributed by atoms with Crippen molar-refractivity contribution in [3.8, 4) is 0 Å². The Kier molecular flexibility index (Phi) is 4.05. The molecule has 2 heterocycles. The molecule has 21 heavy (non-hydrogen) atoms. The van der Waals surface area contributed by atoms with Crippen LogP contribution < -0.4 is 0 Å². The van der Waals surface area contributed by atoms with Crippen LogP contribution in [-0.2, 0) is 13.0 Å². The lowest BCUT2D eigenvalue weighted by Crippen LogP contribution is -2.05. The summed E-state index contributed by atoms with van der Waals surface area (Å²) in [5.41, 5.74) is 4.90. The first-order chi connectivity index (χ1) is 10.1. The maximum Gasteiger partial charge on any atom is 0.111 e. The van der Waals surface area contributed by atoms with Gasteiger partial charge in [0.2, 0.25) is 0 Å². The van der Waals surface area contributed by atoms with Gasteiger partial charge in [0.05, 0.1) is 17.6 Å². The average molecular weight is 319 g/mol. The van der Waals surface area contributed by atoms with Crippen LogP contribution in [0.4, 0.5) is 0 Å². The van der Waals surface area contributed by atoms with E-state index in [-0.39, 0.29) is 0 Å². The smallest absolute Gasteiger partial charge is 0.111 e. The molecule has 0 radical (unpaired) electrons. The zero-order valence-electron chi connectivity index (χ0n) is 12.6. The van der Waals surface area contributed by atoms with Crippen LogP contribution in [0.5, 0.6) is 0 Å². The van der Waals surface area contributed by atoms with E-state index in [1.54, 1.807) is 0 Å². The fourth-order valence-electron chi connectivity index (χ4n) is 2.62. The number of imidazole rings is 1. The van der Waals surface area contributed by atoms with Crippen LogP contribution in [0.25, 0.3) is 11.0 Å². The summed E-state index contributed by atoms with van der Waals surface area (Å²) in [5.74, 6) is 1.68. The number of aromatic nitrogens is 2. The molecule has 0 atom stereocenters. The Balaban J connectivity index is 2.09. The number of hydrogen-bond acceptors (Lipinski definition) is 2. The number of rotatable bonds is 4. The Hall–Kier alpha value is -1.32. The fraction of sp³-hybridized carbons (Fsp3) is 0.353. The molecule has 4 heteroatoms. The average Bonchev–Trinajstić information content (AvgIpc) is 2.93. The van der Waals surface area contributed by atoms with Crippen LogP contribution in [0.1, 0.15) is 26.7 Å². The molecule has 0 bridgehead atoms. The minimum absolute atomic E-state index is 0.602. The molecule has 3 rings (SSSR count). The molecule has 110 valence electrons. The minimum Gasteiger partial charge on any atom is -0.323 e. The first-order valence-corrected chi connectivity index (χ1v) is 8.51. The van der Waals surface area contributed by atoms with Crippen molar-refractivity contribution < 1.29 is 0 Å². The van der Waals surface area contributed by atoms with Crippen molar-refractivity contribution in [2.75, 3.05) is 5.88 Å². The molecule has 0 saturated carbocycles. The van der Waals surface area contributed by atoms with Crippen LogP contribution >= 0.6 is 22.9 Å². The quantitative estimate of drug-likeness (QED) is 0.629. The molecular weight excluding hydrogens is 300 g/mol. The van der Waals surface area contributed by atoms with E-state index >= 15 is 0 Å². The highest BCUT2D eigenvalue weighted by atomic mass is 35.5. The van der Waals surface area contributed by atoms with Crippen LogP contribution in [0.2, 0.25) is 0 Å². The summed E-state index contributed by atoms with van der Waals surface area (Å²) in [4.78, 5) is 7.52. The van der Waals surface area contributed by atoms with Crippen LogP contribution in [0, 0.1) is 20.8 Å². The molecule has 0 saturated heterocycles. The third kappa shape index (κ3) is 2.85. The number of alkyl halides is 1. The monoisotopic (exact) mass is 318 g/mol. The van der Waals surface area contributed by atoms with E-state index in [9.17, 15) is 0 Å². The molecule has 1 aromatic carbocycles. The van der Waals surface area contributed by atoms with Gasteiger partial charge in [-0.05, 0) is 50.1 Å². The van der Waals surface area contributed by atoms with Crippen molar-refractivity contribution in [2.24, 2.45) is 0 Å². The Morgan fingerprint density at radius 1 is 1.19 bits per heavy atom. The molecule has 0 unspecified atom stereocenters. The Labute approximate surface area is 134 Å². The van der Waals surface area contributed by atoms with Crippen molar-refractivity contribution >= 4 is 34.0 Å². The van der Waals surface area contributed by atoms with Gasteiger partial charge in [-0.25, -0.2) is 4.98 Å². The second kappa shape index (κ2) is 5.82. The lowest BCUT2D eigenvalue weighted by molar-refractivity contribution is 0.763. The predicted molar refractivity (Wildman–Crippen MR) is 91.8 cm³/mol. The molecular formula is C17H19ClN2S. The Morgan fingerprint density at radius 2 is 2.00 bits per heavy atom. The third-order valence-electron chi connectivity index (χ3n) is 3.83. The summed E-state index contributed by atoms with van der Waals surface area (Å²) in [7, 11) is 0. The summed E-state index contributed by atoms with van der Waals surface area (Å²) in [6.07, 6.45) is 0.804. The number of halogens is 1. The van der Waals surface area contributed by atoms with Gasteiger partial charge in [-0.15, -0.1) is 22.9 Å². The standard InChI is InChI=1S/C17H19ClN2S/c1-11-4-5-15-16(8-11)20(17(19-15)6-7-18)10-14-9-12(2)13(3)21-14/h4-5,8-9H,6-7,10H2,1-3H3. The van der Waals surface area contributed by atoms with Gasteiger partial charge < -0.3 is 4.57 Å². The number of thiophene rings is 1. The van der Waals surface area contributed by atoms with Gasteiger partial charge in [-0.3, -0.25) is 0 Å². The number of benzene rings is 1. The molecule has 2 nitrogen and oxygen atoms in total. The molecule has 0 aliphatic carbocycles. The second-order valence-electron chi connectivity index (χ2n) is 5.50. The van der Waals surface area contributed by atoms with E-state index in [0.717, 1.165) is 24.3 Å². The van der Waals surface area contributed by atoms with Gasteiger partial charge in [0, 0.05) is 22.1 Å². The Bertz CT molecular complexity index is 766. The van der Waals surface area contributed by atoms with Gasteiger partial charge in [0.1, 0.15) is 5.82 Å². The topological polar surface area (TPSA) is 17.8 Å². The van der Waals surface area contributed by atoms with Gasteiger partial charge >= 0.3 is 0 Å². The molecule has 0 N–H and O–H groups in total. The summed E-state index contributed by atoms with van der Waals surface area (Å²) in [5, 5.41) is 0. The summed E-state index contributed by atoms with van der Waals surface area (Å²) in [6.45, 7) is 7.35. The van der Waals surface area contributed by atoms with Gasteiger partial charge in [-0.2, -0.15) is 0 Å². The van der Waals surface area contributed by atoms with E-state index in [0.29, 0.717) is 5.88 Å². The van der Waals surface area contributed by atoms with E-state index in [1.807, 2.05) is 11.3 Å². The molecule has 0 aliphatic rings. The molecule has 0 spiro atoms. The van der Waals surface area contributed by atoms with Crippen LogP contribution in [-0.4, -0.2) is 15.4 Å². The summed E-state index contributed by atoms with van der Waals surface area (Å²) in [6, 6.07) is 8.72. The van der Waals surface area contributed by atoms with Crippen LogP contribution in [0.3, 0.4) is 0 Å². The normalized spacial score (nSPS) is 11.4. The highest BCUT2D eigenvalue weighted by Crippen LogP contribution is 2.25. The zero-order chi connectivity index (χ0) is 15.0. The first kappa shape index (κ1) is 14.6. The number of hydrogen-bond donors (Lipinski definition) is 0. The van der Waals surface area contributed by atoms with Crippen LogP contribution in [0.15, 0.2) is 24.3 Å². The van der Waals surface area contributed by atoms with E-state index < -0.39 is 0 Å². The van der Waals surface area contributed by atoms with Crippen molar-refractivity contribution in [3.63, 3.8) is 0 Å².